The summed E-state index contributed by atoms with van der Waals surface area (Å²) < 4.78 is 5.45. The number of aryl methyl sites for hydroxylation is 1. The van der Waals surface area contributed by atoms with Crippen molar-refractivity contribution in [1.82, 2.24) is 0 Å². The van der Waals surface area contributed by atoms with Crippen LogP contribution in [0.25, 0.3) is 5.57 Å². The summed E-state index contributed by atoms with van der Waals surface area (Å²) in [5, 5.41) is 3.09. The first-order valence-corrected chi connectivity index (χ1v) is 14.1. The first-order valence-electron chi connectivity index (χ1n) is 14.1. The average Bonchev–Trinajstić information content (AvgIpc) is 3.49. The molecule has 42 heavy (non-hydrogen) atoms. The van der Waals surface area contributed by atoms with Gasteiger partial charge < -0.3 is 15.0 Å². The summed E-state index contributed by atoms with van der Waals surface area (Å²) >= 11 is 0. The summed E-state index contributed by atoms with van der Waals surface area (Å²) in [4.78, 5) is 46.2. The molecule has 0 aromatic heterocycles. The van der Waals surface area contributed by atoms with Crippen LogP contribution in [0.1, 0.15) is 44.3 Å². The van der Waals surface area contributed by atoms with E-state index in [0.29, 0.717) is 22.6 Å². The first kappa shape index (κ1) is 26.0. The standard InChI is InChI=1S/C36H30N2O4/c1-21-16-17-29-26(18-21)22(2)19-30-36(27-14-7-8-15-28(27)37-35(36)41)31(33(39)23-10-5-4-6-11-23)32(38(29)30)34(40)24-12-9-13-25(20-24)42-3/h4-20,30-32H,1-3H3,(H,37,41)/t30-,31-,32+,36-/m1/s1. The lowest BCUT2D eigenvalue weighted by Crippen LogP contribution is -2.51. The summed E-state index contributed by atoms with van der Waals surface area (Å²) in [7, 11) is 1.56. The molecule has 6 nitrogen and oxygen atoms in total. The Morgan fingerprint density at radius 2 is 1.57 bits per heavy atom. The van der Waals surface area contributed by atoms with Gasteiger partial charge in [-0.2, -0.15) is 0 Å². The minimum atomic E-state index is -1.34. The molecular formula is C36H30N2O4. The van der Waals surface area contributed by atoms with Crippen molar-refractivity contribution in [2.45, 2.75) is 31.3 Å². The molecule has 4 aromatic carbocycles. The van der Waals surface area contributed by atoms with Crippen LogP contribution in [0.5, 0.6) is 5.75 Å². The van der Waals surface area contributed by atoms with Crippen LogP contribution in [0.15, 0.2) is 103 Å². The molecule has 1 fully saturated rings. The van der Waals surface area contributed by atoms with Gasteiger partial charge in [-0.1, -0.05) is 78.4 Å². The van der Waals surface area contributed by atoms with Crippen molar-refractivity contribution in [3.05, 3.63) is 131 Å². The molecule has 6 heteroatoms. The van der Waals surface area contributed by atoms with Crippen molar-refractivity contribution < 1.29 is 19.1 Å². The second kappa shape index (κ2) is 9.55. The van der Waals surface area contributed by atoms with E-state index in [2.05, 4.69) is 17.5 Å². The highest BCUT2D eigenvalue weighted by Crippen LogP contribution is 2.59. The SMILES string of the molecule is COc1cccc(C(=O)[C@@H]2[C@H](C(=O)c3ccccc3)[C@]3(C(=O)Nc4ccccc43)[C@H]3C=C(C)c4cc(C)ccc4N23)c1. The summed E-state index contributed by atoms with van der Waals surface area (Å²) in [6, 6.07) is 28.2. The summed E-state index contributed by atoms with van der Waals surface area (Å²) in [6.45, 7) is 4.07. The number of allylic oxidation sites excluding steroid dienone is 1. The third-order valence-electron chi connectivity index (χ3n) is 9.10. The number of hydrogen-bond acceptors (Lipinski definition) is 5. The molecule has 1 amide bonds. The highest BCUT2D eigenvalue weighted by molar-refractivity contribution is 6.18. The Labute approximate surface area is 244 Å². The summed E-state index contributed by atoms with van der Waals surface area (Å²) in [5.41, 5.74) is 4.88. The van der Waals surface area contributed by atoms with E-state index in [1.165, 1.54) is 0 Å². The third kappa shape index (κ3) is 3.54. The van der Waals surface area contributed by atoms with E-state index in [1.807, 2.05) is 73.3 Å². The minimum absolute atomic E-state index is 0.235. The van der Waals surface area contributed by atoms with Crippen molar-refractivity contribution >= 4 is 34.4 Å². The predicted octanol–water partition coefficient (Wildman–Crippen LogP) is 6.25. The Hall–Kier alpha value is -4.97. The monoisotopic (exact) mass is 554 g/mol. The maximum absolute atomic E-state index is 14.8. The molecular weight excluding hydrogens is 524 g/mol. The van der Waals surface area contributed by atoms with E-state index in [0.717, 1.165) is 28.0 Å². The van der Waals surface area contributed by atoms with Crippen LogP contribution in [-0.2, 0) is 10.2 Å². The Balaban J connectivity index is 1.56. The van der Waals surface area contributed by atoms with Crippen LogP contribution in [0.4, 0.5) is 11.4 Å². The van der Waals surface area contributed by atoms with E-state index in [4.69, 9.17) is 4.74 Å². The molecule has 0 saturated carbocycles. The number of para-hydroxylation sites is 1. The van der Waals surface area contributed by atoms with Crippen molar-refractivity contribution in [2.75, 3.05) is 17.3 Å². The fraction of sp³-hybridized carbons (Fsp3) is 0.194. The number of benzene rings is 4. The number of nitrogens with zero attached hydrogens (tertiary/aromatic N) is 1. The molecule has 3 heterocycles. The number of fused-ring (bicyclic) bond motifs is 6. The van der Waals surface area contributed by atoms with Gasteiger partial charge in [0.1, 0.15) is 17.2 Å². The fourth-order valence-corrected chi connectivity index (χ4v) is 7.28. The largest absolute Gasteiger partial charge is 0.497 e. The van der Waals surface area contributed by atoms with Gasteiger partial charge in [0.15, 0.2) is 11.6 Å². The van der Waals surface area contributed by atoms with E-state index < -0.39 is 23.4 Å². The van der Waals surface area contributed by atoms with Gasteiger partial charge in [-0.25, -0.2) is 0 Å². The number of carbonyl (C=O) groups is 3. The molecule has 4 atom stereocenters. The van der Waals surface area contributed by atoms with Crippen LogP contribution < -0.4 is 15.0 Å². The van der Waals surface area contributed by atoms with Crippen LogP contribution in [0.3, 0.4) is 0 Å². The Bertz CT molecular complexity index is 1810. The number of nitrogens with one attached hydrogen (secondary N) is 1. The van der Waals surface area contributed by atoms with E-state index in [9.17, 15) is 14.4 Å². The molecule has 0 aliphatic carbocycles. The lowest BCUT2D eigenvalue weighted by atomic mass is 9.64. The molecule has 0 bridgehead atoms. The second-order valence-electron chi connectivity index (χ2n) is 11.3. The molecule has 4 aromatic rings. The lowest BCUT2D eigenvalue weighted by molar-refractivity contribution is -0.121. The van der Waals surface area contributed by atoms with Crippen molar-refractivity contribution in [3.63, 3.8) is 0 Å². The molecule has 208 valence electrons. The second-order valence-corrected chi connectivity index (χ2v) is 11.3. The van der Waals surface area contributed by atoms with Gasteiger partial charge in [-0.05, 0) is 55.3 Å². The van der Waals surface area contributed by atoms with Gasteiger partial charge >= 0.3 is 0 Å². The van der Waals surface area contributed by atoms with Crippen molar-refractivity contribution in [2.24, 2.45) is 5.92 Å². The number of Topliss-reactive ketones (excluding diaryl/α,β-unsaturated/α-hetero) is 2. The third-order valence-corrected chi connectivity index (χ3v) is 9.10. The molecule has 1 spiro atoms. The maximum Gasteiger partial charge on any atom is 0.238 e. The van der Waals surface area contributed by atoms with Gasteiger partial charge in [0.05, 0.1) is 19.1 Å². The summed E-state index contributed by atoms with van der Waals surface area (Å²) in [6.07, 6.45) is 2.08. The van der Waals surface area contributed by atoms with Crippen LogP contribution in [0, 0.1) is 12.8 Å². The number of rotatable bonds is 5. The van der Waals surface area contributed by atoms with Gasteiger partial charge in [-0.15, -0.1) is 0 Å². The zero-order valence-corrected chi connectivity index (χ0v) is 23.6. The van der Waals surface area contributed by atoms with Crippen molar-refractivity contribution in [1.29, 1.82) is 0 Å². The molecule has 1 N–H and O–H groups in total. The molecule has 1 saturated heterocycles. The van der Waals surface area contributed by atoms with Crippen molar-refractivity contribution in [3.8, 4) is 5.75 Å². The lowest BCUT2D eigenvalue weighted by Gasteiger charge is -2.39. The number of carbonyl (C=O) groups excluding carboxylic acids is 3. The maximum atomic E-state index is 14.8. The topological polar surface area (TPSA) is 75.7 Å². The van der Waals surface area contributed by atoms with Gasteiger partial charge in [0.2, 0.25) is 5.91 Å². The minimum Gasteiger partial charge on any atom is -0.497 e. The molecule has 3 aliphatic rings. The number of anilines is 2. The van der Waals surface area contributed by atoms with E-state index >= 15 is 0 Å². The smallest absolute Gasteiger partial charge is 0.238 e. The van der Waals surface area contributed by atoms with Gasteiger partial charge in [-0.3, -0.25) is 14.4 Å². The normalized spacial score (nSPS) is 23.5. The van der Waals surface area contributed by atoms with E-state index in [-0.39, 0.29) is 17.5 Å². The molecule has 3 aliphatic heterocycles. The van der Waals surface area contributed by atoms with Crippen LogP contribution in [0.2, 0.25) is 0 Å². The number of methoxy groups -OCH3 is 1. The Kier molecular flexibility index (Phi) is 5.91. The molecule has 0 radical (unpaired) electrons. The van der Waals surface area contributed by atoms with Gasteiger partial charge in [0.25, 0.3) is 0 Å². The first-order chi connectivity index (χ1) is 20.4. The Morgan fingerprint density at radius 3 is 2.36 bits per heavy atom. The number of ketones is 2. The van der Waals surface area contributed by atoms with E-state index in [1.54, 1.807) is 43.5 Å². The fourth-order valence-electron chi connectivity index (χ4n) is 7.28. The van der Waals surface area contributed by atoms with Gasteiger partial charge in [0, 0.05) is 28.1 Å². The molecule has 7 rings (SSSR count). The quantitative estimate of drug-likeness (QED) is 0.295. The zero-order valence-electron chi connectivity index (χ0n) is 23.6. The van der Waals surface area contributed by atoms with Crippen LogP contribution in [-0.4, -0.2) is 36.7 Å². The number of ether oxygens (including phenoxy) is 1. The highest BCUT2D eigenvalue weighted by atomic mass is 16.5. The average molecular weight is 555 g/mol. The Morgan fingerprint density at radius 1 is 0.833 bits per heavy atom. The summed E-state index contributed by atoms with van der Waals surface area (Å²) in [5.74, 6) is -1.21. The highest BCUT2D eigenvalue weighted by Gasteiger charge is 2.70. The molecule has 0 unspecified atom stereocenters. The number of amides is 1. The zero-order chi connectivity index (χ0) is 29.2. The number of hydrogen-bond donors (Lipinski definition) is 1. The predicted molar refractivity (Wildman–Crippen MR) is 163 cm³/mol. The van der Waals surface area contributed by atoms with Crippen LogP contribution >= 0.6 is 0 Å².